The van der Waals surface area contributed by atoms with E-state index < -0.39 is 29.9 Å². The lowest BCUT2D eigenvalue weighted by Gasteiger charge is -2.20. The lowest BCUT2D eigenvalue weighted by atomic mass is 10.1. The van der Waals surface area contributed by atoms with Crippen LogP contribution in [0.2, 0.25) is 0 Å². The van der Waals surface area contributed by atoms with Gasteiger partial charge in [0.05, 0.1) is 0 Å². The second-order valence-corrected chi connectivity index (χ2v) is 4.98. The number of rotatable bonds is 5. The van der Waals surface area contributed by atoms with Gasteiger partial charge in [-0.2, -0.15) is 18.2 Å². The molecule has 6 nitrogen and oxygen atoms in total. The van der Waals surface area contributed by atoms with Crippen molar-refractivity contribution in [2.45, 2.75) is 18.7 Å². The molecule has 0 unspecified atom stereocenters. The Labute approximate surface area is 133 Å². The van der Waals surface area contributed by atoms with Gasteiger partial charge in [-0.3, -0.25) is 4.79 Å². The molecule has 0 aliphatic rings. The topological polar surface area (TPSA) is 79.5 Å². The predicted molar refractivity (Wildman–Crippen MR) is 72.0 cm³/mol. The fourth-order valence-electron chi connectivity index (χ4n) is 1.88. The molecule has 0 radical (unpaired) electrons. The number of aromatic nitrogens is 2. The van der Waals surface area contributed by atoms with E-state index in [2.05, 4.69) is 14.7 Å². The smallest absolute Gasteiger partial charge is 0.378 e. The number of hydrogen-bond donors (Lipinski definition) is 1. The molecule has 1 N–H and O–H groups in total. The summed E-state index contributed by atoms with van der Waals surface area (Å²) >= 11 is 0. The molecule has 24 heavy (non-hydrogen) atoms. The first-order chi connectivity index (χ1) is 11.2. The van der Waals surface area contributed by atoms with Crippen LogP contribution in [0.15, 0.2) is 28.8 Å². The van der Waals surface area contributed by atoms with Crippen LogP contribution in [0.1, 0.15) is 23.4 Å². The van der Waals surface area contributed by atoms with E-state index in [0.29, 0.717) is 0 Å². The van der Waals surface area contributed by atoms with Crippen molar-refractivity contribution in [1.29, 1.82) is 0 Å². The predicted octanol–water partition coefficient (Wildman–Crippen LogP) is 1.96. The molecule has 10 heteroatoms. The highest BCUT2D eigenvalue weighted by molar-refractivity contribution is 5.81. The lowest BCUT2D eigenvalue weighted by molar-refractivity contribution is -0.159. The number of aliphatic hydroxyl groups excluding tert-OH is 1. The van der Waals surface area contributed by atoms with Gasteiger partial charge in [0.15, 0.2) is 11.9 Å². The first kappa shape index (κ1) is 17.9. The van der Waals surface area contributed by atoms with Crippen LogP contribution in [0.4, 0.5) is 17.6 Å². The van der Waals surface area contributed by atoms with Crippen molar-refractivity contribution in [2.24, 2.45) is 0 Å². The van der Waals surface area contributed by atoms with Crippen molar-refractivity contribution in [3.63, 3.8) is 0 Å². The highest BCUT2D eigenvalue weighted by atomic mass is 19.4. The molecule has 1 aromatic carbocycles. The number of carbonyl (C=O) groups excluding carboxylic acids is 1. The van der Waals surface area contributed by atoms with Crippen LogP contribution in [0, 0.1) is 5.82 Å². The third-order valence-corrected chi connectivity index (χ3v) is 3.16. The molecular weight excluding hydrogens is 334 g/mol. The maximum atomic E-state index is 13.1. The molecule has 0 saturated heterocycles. The second-order valence-electron chi connectivity index (χ2n) is 4.98. The Bertz CT molecular complexity index is 717. The van der Waals surface area contributed by atoms with E-state index in [9.17, 15) is 27.5 Å². The highest BCUT2D eigenvalue weighted by Gasteiger charge is 2.38. The molecule has 0 bridgehead atoms. The zero-order valence-corrected chi connectivity index (χ0v) is 12.4. The van der Waals surface area contributed by atoms with Crippen molar-refractivity contribution in [1.82, 2.24) is 15.0 Å². The van der Waals surface area contributed by atoms with Gasteiger partial charge < -0.3 is 14.5 Å². The summed E-state index contributed by atoms with van der Waals surface area (Å²) in [6.07, 6.45) is -6.42. The number of amides is 1. The molecule has 1 amide bonds. The first-order valence-corrected chi connectivity index (χ1v) is 6.77. The number of alkyl halides is 3. The van der Waals surface area contributed by atoms with Gasteiger partial charge in [0.25, 0.3) is 5.91 Å². The average Bonchev–Trinajstić information content (AvgIpc) is 3.00. The van der Waals surface area contributed by atoms with E-state index in [1.807, 2.05) is 0 Å². The van der Waals surface area contributed by atoms with Gasteiger partial charge in [-0.1, -0.05) is 17.3 Å². The molecule has 2 rings (SSSR count). The first-order valence-electron chi connectivity index (χ1n) is 6.77. The Morgan fingerprint density at radius 3 is 2.71 bits per heavy atom. The van der Waals surface area contributed by atoms with Crippen LogP contribution < -0.4 is 0 Å². The number of likely N-dealkylation sites (N-methyl/N-ethyl adjacent to an activating group) is 1. The molecule has 0 saturated carbocycles. The zero-order valence-electron chi connectivity index (χ0n) is 12.4. The second kappa shape index (κ2) is 6.95. The molecular formula is C14H13F4N3O3. The molecule has 1 atom stereocenters. The van der Waals surface area contributed by atoms with E-state index >= 15 is 0 Å². The van der Waals surface area contributed by atoms with Crippen molar-refractivity contribution in [2.75, 3.05) is 13.6 Å². The fourth-order valence-corrected chi connectivity index (χ4v) is 1.88. The van der Waals surface area contributed by atoms with E-state index in [1.54, 1.807) is 0 Å². The summed E-state index contributed by atoms with van der Waals surface area (Å²) in [6.45, 7) is -0.0535. The summed E-state index contributed by atoms with van der Waals surface area (Å²) in [5.41, 5.74) is 0.0748. The third kappa shape index (κ3) is 4.28. The molecule has 0 fully saturated rings. The van der Waals surface area contributed by atoms with Crippen LogP contribution in [-0.4, -0.2) is 39.6 Å². The van der Waals surface area contributed by atoms with E-state index in [0.717, 1.165) is 11.0 Å². The highest BCUT2D eigenvalue weighted by Crippen LogP contribution is 2.27. The molecule has 1 aromatic heterocycles. The van der Waals surface area contributed by atoms with Crippen LogP contribution in [0.3, 0.4) is 0 Å². The minimum Gasteiger partial charge on any atom is -0.378 e. The monoisotopic (exact) mass is 347 g/mol. The molecule has 0 spiro atoms. The van der Waals surface area contributed by atoms with Crippen LogP contribution in [-0.2, 0) is 17.4 Å². The Balaban J connectivity index is 1.95. The largest absolute Gasteiger partial charge is 0.471 e. The SMILES string of the molecule is CN(CCc1noc(C(F)(F)F)n1)C(=O)[C@H](O)c1cccc(F)c1. The van der Waals surface area contributed by atoms with Crippen LogP contribution in [0.25, 0.3) is 0 Å². The van der Waals surface area contributed by atoms with Gasteiger partial charge in [0, 0.05) is 20.0 Å². The summed E-state index contributed by atoms with van der Waals surface area (Å²) < 4.78 is 54.2. The Morgan fingerprint density at radius 1 is 1.42 bits per heavy atom. The lowest BCUT2D eigenvalue weighted by Crippen LogP contribution is -2.33. The number of hydrogen-bond acceptors (Lipinski definition) is 5. The fraction of sp³-hybridized carbons (Fsp3) is 0.357. The normalized spacial score (nSPS) is 12.9. The molecule has 1 heterocycles. The van der Waals surface area contributed by atoms with Crippen LogP contribution in [0.5, 0.6) is 0 Å². The maximum Gasteiger partial charge on any atom is 0.471 e. The Morgan fingerprint density at radius 2 is 2.12 bits per heavy atom. The van der Waals surface area contributed by atoms with Crippen molar-refractivity contribution in [3.8, 4) is 0 Å². The van der Waals surface area contributed by atoms with E-state index in [4.69, 9.17) is 0 Å². The van der Waals surface area contributed by atoms with Crippen molar-refractivity contribution < 1.29 is 32.0 Å². The van der Waals surface area contributed by atoms with E-state index in [-0.39, 0.29) is 24.4 Å². The van der Waals surface area contributed by atoms with Gasteiger partial charge >= 0.3 is 12.1 Å². The maximum absolute atomic E-state index is 13.1. The molecule has 0 aliphatic heterocycles. The van der Waals surface area contributed by atoms with Crippen LogP contribution >= 0.6 is 0 Å². The van der Waals surface area contributed by atoms with Gasteiger partial charge in [-0.15, -0.1) is 0 Å². The van der Waals surface area contributed by atoms with Gasteiger partial charge in [0.2, 0.25) is 0 Å². The number of aliphatic hydroxyl groups is 1. The van der Waals surface area contributed by atoms with Gasteiger partial charge in [-0.05, 0) is 17.7 Å². The van der Waals surface area contributed by atoms with Crippen molar-refractivity contribution in [3.05, 3.63) is 47.4 Å². The number of benzene rings is 1. The number of halogens is 4. The summed E-state index contributed by atoms with van der Waals surface area (Å²) in [6, 6.07) is 4.91. The van der Waals surface area contributed by atoms with E-state index in [1.165, 1.54) is 25.2 Å². The third-order valence-electron chi connectivity index (χ3n) is 3.16. The van der Waals surface area contributed by atoms with Gasteiger partial charge in [0.1, 0.15) is 5.82 Å². The number of carbonyl (C=O) groups is 1. The summed E-state index contributed by atoms with van der Waals surface area (Å²) in [7, 11) is 1.34. The Kier molecular flexibility index (Phi) is 5.17. The number of nitrogens with zero attached hydrogens (tertiary/aromatic N) is 3. The summed E-state index contributed by atoms with van der Waals surface area (Å²) in [5.74, 6) is -3.03. The van der Waals surface area contributed by atoms with Crippen molar-refractivity contribution >= 4 is 5.91 Å². The minimum absolute atomic E-state index is 0.0535. The minimum atomic E-state index is -4.74. The average molecular weight is 347 g/mol. The summed E-state index contributed by atoms with van der Waals surface area (Å²) in [5, 5.41) is 13.1. The molecule has 130 valence electrons. The summed E-state index contributed by atoms with van der Waals surface area (Å²) in [4.78, 5) is 16.3. The molecule has 2 aromatic rings. The Hall–Kier alpha value is -2.49. The molecule has 0 aliphatic carbocycles. The van der Waals surface area contributed by atoms with Gasteiger partial charge in [-0.25, -0.2) is 4.39 Å². The quantitative estimate of drug-likeness (QED) is 0.837. The standard InChI is InChI=1S/C14H13F4N3O3/c1-21(6-5-10-19-13(24-20-10)14(16,17)18)12(23)11(22)8-3-2-4-9(15)7-8/h2-4,7,11,22H,5-6H2,1H3/t11-/m1/s1. The zero-order chi connectivity index (χ0) is 17.9.